The van der Waals surface area contributed by atoms with Gasteiger partial charge in [-0.25, -0.2) is 14.4 Å². The van der Waals surface area contributed by atoms with E-state index in [9.17, 15) is 9.50 Å². The number of nitrogens with one attached hydrogen (secondary N) is 2. The van der Waals surface area contributed by atoms with E-state index in [1.807, 2.05) is 7.05 Å². The first-order valence-electron chi connectivity index (χ1n) is 8.90. The summed E-state index contributed by atoms with van der Waals surface area (Å²) in [5.74, 6) is 1.02. The Labute approximate surface area is 162 Å². The number of nitrogens with zero attached hydrogens (tertiary/aromatic N) is 2. The monoisotopic (exact) mass is 386 g/mol. The standard InChI is InChI=1S/C20H23FN4O3/c1-12-16(26)6-5-14(21)19(12)25-20-13-9-17(27-3)18(28-8-4-7-22-2)10-15(13)23-11-24-20/h5-6,9-11,22,26H,4,7-8H2,1-3H3,(H,23,24,25). The van der Waals surface area contributed by atoms with Crippen LogP contribution in [0.5, 0.6) is 17.2 Å². The van der Waals surface area contributed by atoms with Gasteiger partial charge in [0.15, 0.2) is 11.5 Å². The molecule has 0 saturated heterocycles. The molecule has 3 rings (SSSR count). The van der Waals surface area contributed by atoms with Crippen LogP contribution in [0.25, 0.3) is 10.9 Å². The van der Waals surface area contributed by atoms with Crippen LogP contribution in [0.3, 0.4) is 0 Å². The molecule has 28 heavy (non-hydrogen) atoms. The van der Waals surface area contributed by atoms with E-state index in [1.165, 1.54) is 18.5 Å². The second-order valence-corrected chi connectivity index (χ2v) is 6.24. The molecule has 1 aromatic heterocycles. The number of ether oxygens (including phenoxy) is 2. The molecular weight excluding hydrogens is 363 g/mol. The first-order chi connectivity index (χ1) is 13.5. The Balaban J connectivity index is 1.98. The first-order valence-corrected chi connectivity index (χ1v) is 8.90. The maximum atomic E-state index is 14.3. The number of rotatable bonds is 8. The molecule has 0 saturated carbocycles. The van der Waals surface area contributed by atoms with Crippen LogP contribution in [0.4, 0.5) is 15.9 Å². The lowest BCUT2D eigenvalue weighted by atomic mass is 10.1. The maximum Gasteiger partial charge on any atom is 0.163 e. The molecule has 0 radical (unpaired) electrons. The zero-order chi connectivity index (χ0) is 20.1. The van der Waals surface area contributed by atoms with Gasteiger partial charge in [-0.2, -0.15) is 0 Å². The Morgan fingerprint density at radius 1 is 1.18 bits per heavy atom. The lowest BCUT2D eigenvalue weighted by molar-refractivity contribution is 0.289. The second kappa shape index (κ2) is 8.71. The summed E-state index contributed by atoms with van der Waals surface area (Å²) in [6, 6.07) is 6.04. The van der Waals surface area contributed by atoms with E-state index in [0.717, 1.165) is 13.0 Å². The molecular formula is C20H23FN4O3. The minimum atomic E-state index is -0.487. The molecule has 8 heteroatoms. The van der Waals surface area contributed by atoms with Crippen molar-refractivity contribution in [1.82, 2.24) is 15.3 Å². The first kappa shape index (κ1) is 19.6. The third-order valence-electron chi connectivity index (χ3n) is 4.38. The molecule has 0 amide bonds. The van der Waals surface area contributed by atoms with Crippen molar-refractivity contribution in [2.75, 3.05) is 32.6 Å². The molecule has 0 atom stereocenters. The number of hydrogen-bond acceptors (Lipinski definition) is 7. The summed E-state index contributed by atoms with van der Waals surface area (Å²) >= 11 is 0. The SMILES string of the molecule is CNCCCOc1cc2ncnc(Nc3c(F)ccc(O)c3C)c2cc1OC. The molecule has 0 aliphatic rings. The van der Waals surface area contributed by atoms with E-state index in [2.05, 4.69) is 20.6 Å². The summed E-state index contributed by atoms with van der Waals surface area (Å²) in [5, 5.41) is 16.5. The third kappa shape index (κ3) is 4.07. The summed E-state index contributed by atoms with van der Waals surface area (Å²) in [6.07, 6.45) is 2.24. The largest absolute Gasteiger partial charge is 0.508 e. The van der Waals surface area contributed by atoms with Crippen LogP contribution in [0, 0.1) is 12.7 Å². The van der Waals surface area contributed by atoms with Crippen molar-refractivity contribution in [3.05, 3.63) is 42.0 Å². The molecule has 0 aliphatic heterocycles. The van der Waals surface area contributed by atoms with Crippen LogP contribution >= 0.6 is 0 Å². The lowest BCUT2D eigenvalue weighted by Gasteiger charge is -2.15. The number of phenolic OH excluding ortho intramolecular Hbond substituents is 1. The summed E-state index contributed by atoms with van der Waals surface area (Å²) in [4.78, 5) is 8.51. The van der Waals surface area contributed by atoms with Gasteiger partial charge in [0.1, 0.15) is 23.7 Å². The molecule has 3 aromatic rings. The number of methoxy groups -OCH3 is 1. The quantitative estimate of drug-likeness (QED) is 0.511. The van der Waals surface area contributed by atoms with Crippen LogP contribution in [0.2, 0.25) is 0 Å². The summed E-state index contributed by atoms with van der Waals surface area (Å²) < 4.78 is 25.5. The fraction of sp³-hybridized carbons (Fsp3) is 0.300. The van der Waals surface area contributed by atoms with Gasteiger partial charge in [0.25, 0.3) is 0 Å². The smallest absolute Gasteiger partial charge is 0.163 e. The number of phenols is 1. The molecule has 0 aliphatic carbocycles. The Morgan fingerprint density at radius 3 is 2.75 bits per heavy atom. The molecule has 3 N–H and O–H groups in total. The van der Waals surface area contributed by atoms with Crippen molar-refractivity contribution in [2.45, 2.75) is 13.3 Å². The van der Waals surface area contributed by atoms with Crippen LogP contribution in [-0.2, 0) is 0 Å². The van der Waals surface area contributed by atoms with Gasteiger partial charge in [-0.05, 0) is 45.1 Å². The lowest BCUT2D eigenvalue weighted by Crippen LogP contribution is -2.11. The number of halogens is 1. The molecule has 0 unspecified atom stereocenters. The predicted octanol–water partition coefficient (Wildman–Crippen LogP) is 3.52. The molecule has 2 aromatic carbocycles. The van der Waals surface area contributed by atoms with Gasteiger partial charge >= 0.3 is 0 Å². The Morgan fingerprint density at radius 2 is 2.00 bits per heavy atom. The molecule has 1 heterocycles. The third-order valence-corrected chi connectivity index (χ3v) is 4.38. The van der Waals surface area contributed by atoms with Gasteiger partial charge in [-0.1, -0.05) is 0 Å². The highest BCUT2D eigenvalue weighted by Crippen LogP contribution is 2.36. The van der Waals surface area contributed by atoms with Gasteiger partial charge in [0.05, 0.1) is 24.9 Å². The number of aromatic hydroxyl groups is 1. The number of hydrogen-bond donors (Lipinski definition) is 3. The Bertz CT molecular complexity index is 981. The number of fused-ring (bicyclic) bond motifs is 1. The molecule has 0 bridgehead atoms. The van der Waals surface area contributed by atoms with Crippen LogP contribution in [0.15, 0.2) is 30.6 Å². The van der Waals surface area contributed by atoms with Crippen molar-refractivity contribution in [3.8, 4) is 17.2 Å². The van der Waals surface area contributed by atoms with E-state index in [-0.39, 0.29) is 11.4 Å². The highest BCUT2D eigenvalue weighted by Gasteiger charge is 2.15. The fourth-order valence-corrected chi connectivity index (χ4v) is 2.81. The summed E-state index contributed by atoms with van der Waals surface area (Å²) in [7, 11) is 3.44. The zero-order valence-electron chi connectivity index (χ0n) is 16.0. The van der Waals surface area contributed by atoms with Crippen molar-refractivity contribution in [2.24, 2.45) is 0 Å². The van der Waals surface area contributed by atoms with Crippen molar-refractivity contribution < 1.29 is 19.0 Å². The summed E-state index contributed by atoms with van der Waals surface area (Å²) in [5.41, 5.74) is 1.18. The van der Waals surface area contributed by atoms with Gasteiger partial charge < -0.3 is 25.2 Å². The van der Waals surface area contributed by atoms with Gasteiger partial charge in [0, 0.05) is 17.0 Å². The van der Waals surface area contributed by atoms with Crippen LogP contribution in [0.1, 0.15) is 12.0 Å². The zero-order valence-corrected chi connectivity index (χ0v) is 16.0. The second-order valence-electron chi connectivity index (χ2n) is 6.24. The summed E-state index contributed by atoms with van der Waals surface area (Å²) in [6.45, 7) is 3.01. The fourth-order valence-electron chi connectivity index (χ4n) is 2.81. The van der Waals surface area contributed by atoms with E-state index in [4.69, 9.17) is 9.47 Å². The van der Waals surface area contributed by atoms with Gasteiger partial charge in [-0.3, -0.25) is 0 Å². The van der Waals surface area contributed by atoms with Gasteiger partial charge in [0.2, 0.25) is 0 Å². The van der Waals surface area contributed by atoms with Gasteiger partial charge in [-0.15, -0.1) is 0 Å². The highest BCUT2D eigenvalue weighted by atomic mass is 19.1. The van der Waals surface area contributed by atoms with Crippen molar-refractivity contribution in [1.29, 1.82) is 0 Å². The van der Waals surface area contributed by atoms with E-state index in [1.54, 1.807) is 26.2 Å². The van der Waals surface area contributed by atoms with E-state index >= 15 is 0 Å². The minimum Gasteiger partial charge on any atom is -0.508 e. The number of aromatic nitrogens is 2. The predicted molar refractivity (Wildman–Crippen MR) is 106 cm³/mol. The van der Waals surface area contributed by atoms with E-state index < -0.39 is 5.82 Å². The van der Waals surface area contributed by atoms with Crippen LogP contribution < -0.4 is 20.1 Å². The van der Waals surface area contributed by atoms with Crippen LogP contribution in [-0.4, -0.2) is 42.4 Å². The molecule has 0 fully saturated rings. The van der Waals surface area contributed by atoms with E-state index in [0.29, 0.717) is 40.4 Å². The van der Waals surface area contributed by atoms with Crippen molar-refractivity contribution >= 4 is 22.4 Å². The highest BCUT2D eigenvalue weighted by molar-refractivity contribution is 5.93. The number of benzene rings is 2. The topological polar surface area (TPSA) is 88.5 Å². The average molecular weight is 386 g/mol. The Hall–Kier alpha value is -3.13. The molecule has 7 nitrogen and oxygen atoms in total. The normalized spacial score (nSPS) is 10.9. The average Bonchev–Trinajstić information content (AvgIpc) is 2.71. The minimum absolute atomic E-state index is 0.00269. The maximum absolute atomic E-state index is 14.3. The van der Waals surface area contributed by atoms with Crippen molar-refractivity contribution in [3.63, 3.8) is 0 Å². The molecule has 148 valence electrons. The molecule has 0 spiro atoms. The number of anilines is 2. The Kier molecular flexibility index (Phi) is 6.10.